The maximum Gasteiger partial charge on any atom is 0.0775 e. The summed E-state index contributed by atoms with van der Waals surface area (Å²) < 4.78 is 0.540. The van der Waals surface area contributed by atoms with Gasteiger partial charge in [-0.2, -0.15) is 11.8 Å². The lowest BCUT2D eigenvalue weighted by molar-refractivity contribution is 0.345. The van der Waals surface area contributed by atoms with Crippen molar-refractivity contribution in [2.75, 3.05) is 12.8 Å². The molecule has 0 bridgehead atoms. The first-order chi connectivity index (χ1) is 8.95. The van der Waals surface area contributed by atoms with Crippen molar-refractivity contribution in [3.63, 3.8) is 0 Å². The fourth-order valence-corrected chi connectivity index (χ4v) is 4.69. The fourth-order valence-electron chi connectivity index (χ4n) is 2.58. The van der Waals surface area contributed by atoms with Crippen LogP contribution in [0.3, 0.4) is 0 Å². The van der Waals surface area contributed by atoms with Gasteiger partial charge in [-0.3, -0.25) is 0 Å². The van der Waals surface area contributed by atoms with Crippen LogP contribution in [0.25, 0.3) is 0 Å². The minimum absolute atomic E-state index is 0.540. The van der Waals surface area contributed by atoms with E-state index in [1.807, 2.05) is 11.8 Å². The number of hydrogen-bond donors (Lipinski definition) is 1. The number of thioether (sulfide) groups is 1. The summed E-state index contributed by atoms with van der Waals surface area (Å²) in [6, 6.07) is 9.26. The van der Waals surface area contributed by atoms with Crippen molar-refractivity contribution < 1.29 is 0 Å². The summed E-state index contributed by atoms with van der Waals surface area (Å²) in [6.45, 7) is 9.37. The van der Waals surface area contributed by atoms with Crippen molar-refractivity contribution >= 4 is 25.0 Å². The summed E-state index contributed by atoms with van der Waals surface area (Å²) in [5.41, 5.74) is 1.41. The van der Waals surface area contributed by atoms with Gasteiger partial charge in [0.2, 0.25) is 0 Å². The van der Waals surface area contributed by atoms with Crippen molar-refractivity contribution in [2.45, 2.75) is 50.2 Å². The lowest BCUT2D eigenvalue weighted by atomic mass is 9.84. The third-order valence-corrected chi connectivity index (χ3v) is 7.78. The van der Waals surface area contributed by atoms with E-state index in [1.165, 1.54) is 24.8 Å². The summed E-state index contributed by atoms with van der Waals surface area (Å²) >= 11 is 2.04. The van der Waals surface area contributed by atoms with Crippen LogP contribution < -0.4 is 10.5 Å². The smallest absolute Gasteiger partial charge is 0.0775 e. The van der Waals surface area contributed by atoms with Gasteiger partial charge in [0, 0.05) is 17.8 Å². The van der Waals surface area contributed by atoms with Gasteiger partial charge in [0.1, 0.15) is 0 Å². The molecular weight excluding hydrogens is 266 g/mol. The van der Waals surface area contributed by atoms with Crippen molar-refractivity contribution in [1.29, 1.82) is 0 Å². The van der Waals surface area contributed by atoms with Gasteiger partial charge in [-0.15, -0.1) is 0 Å². The van der Waals surface area contributed by atoms with Crippen LogP contribution in [0, 0.1) is 0 Å². The topological polar surface area (TPSA) is 12.0 Å². The van der Waals surface area contributed by atoms with Crippen LogP contribution in [0.1, 0.15) is 24.8 Å². The molecule has 2 rings (SSSR count). The Morgan fingerprint density at radius 2 is 1.79 bits per heavy atom. The molecule has 0 spiro atoms. The van der Waals surface area contributed by atoms with Gasteiger partial charge in [-0.25, -0.2) is 0 Å². The zero-order valence-electron chi connectivity index (χ0n) is 12.8. The fraction of sp³-hybridized carbons (Fsp3) is 0.625. The predicted molar refractivity (Wildman–Crippen MR) is 91.2 cm³/mol. The maximum atomic E-state index is 3.64. The van der Waals surface area contributed by atoms with E-state index >= 15 is 0 Å². The van der Waals surface area contributed by atoms with Gasteiger partial charge in [0.05, 0.1) is 8.07 Å². The number of nitrogens with one attached hydrogen (secondary N) is 1. The molecule has 0 radical (unpaired) electrons. The Morgan fingerprint density at radius 3 is 2.21 bits per heavy atom. The minimum Gasteiger partial charge on any atom is -0.311 e. The average Bonchev–Trinajstić information content (AvgIpc) is 2.32. The lowest BCUT2D eigenvalue weighted by Crippen LogP contribution is -2.43. The molecule has 0 aromatic heterocycles. The quantitative estimate of drug-likeness (QED) is 0.804. The Bertz CT molecular complexity index is 398. The number of benzene rings is 1. The second-order valence-electron chi connectivity index (χ2n) is 6.79. The number of rotatable bonds is 6. The Hall–Kier alpha value is -0.253. The van der Waals surface area contributed by atoms with Gasteiger partial charge >= 0.3 is 0 Å². The third kappa shape index (κ3) is 3.86. The Kier molecular flexibility index (Phi) is 4.80. The molecule has 1 fully saturated rings. The number of hydrogen-bond acceptors (Lipinski definition) is 2. The van der Waals surface area contributed by atoms with Crippen LogP contribution in [-0.2, 0) is 6.54 Å². The third-order valence-electron chi connectivity index (χ3n) is 4.29. The molecule has 0 saturated heterocycles. The molecule has 1 N–H and O–H groups in total. The average molecular weight is 294 g/mol. The van der Waals surface area contributed by atoms with E-state index in [9.17, 15) is 0 Å². The molecule has 0 atom stereocenters. The van der Waals surface area contributed by atoms with E-state index in [2.05, 4.69) is 55.5 Å². The zero-order chi connectivity index (χ0) is 13.9. The zero-order valence-corrected chi connectivity index (χ0v) is 14.6. The first-order valence-corrected chi connectivity index (χ1v) is 12.0. The predicted octanol–water partition coefficient (Wildman–Crippen LogP) is 3.61. The van der Waals surface area contributed by atoms with Crippen molar-refractivity contribution in [3.05, 3.63) is 29.8 Å². The normalized spacial score (nSPS) is 18.1. The molecule has 1 aliphatic rings. The molecule has 1 nitrogen and oxygen atoms in total. The maximum absolute atomic E-state index is 3.64. The van der Waals surface area contributed by atoms with Crippen LogP contribution in [0.15, 0.2) is 24.3 Å². The highest BCUT2D eigenvalue weighted by Crippen LogP contribution is 2.42. The summed E-state index contributed by atoms with van der Waals surface area (Å²) in [6.07, 6.45) is 6.43. The summed E-state index contributed by atoms with van der Waals surface area (Å²) in [5.74, 6) is 0. The molecule has 3 heteroatoms. The van der Waals surface area contributed by atoms with E-state index in [0.717, 1.165) is 13.1 Å². The van der Waals surface area contributed by atoms with Crippen molar-refractivity contribution in [1.82, 2.24) is 5.32 Å². The molecule has 0 unspecified atom stereocenters. The minimum atomic E-state index is -1.14. The highest BCUT2D eigenvalue weighted by Gasteiger charge is 2.35. The van der Waals surface area contributed by atoms with Gasteiger partial charge in [-0.05, 0) is 24.7 Å². The van der Waals surface area contributed by atoms with Crippen LogP contribution in [0.2, 0.25) is 19.6 Å². The Labute approximate surface area is 123 Å². The van der Waals surface area contributed by atoms with E-state index in [-0.39, 0.29) is 0 Å². The van der Waals surface area contributed by atoms with E-state index in [1.54, 1.807) is 5.19 Å². The SMILES string of the molecule is CSC1(CNCc2ccc([Si](C)(C)C)cc2)CCC1. The second kappa shape index (κ2) is 6.02. The molecule has 0 aliphatic heterocycles. The summed E-state index contributed by atoms with van der Waals surface area (Å²) in [7, 11) is -1.14. The Morgan fingerprint density at radius 1 is 1.16 bits per heavy atom. The van der Waals surface area contributed by atoms with Crippen molar-refractivity contribution in [2.24, 2.45) is 0 Å². The molecule has 1 saturated carbocycles. The standard InChI is InChI=1S/C16H27NSSi/c1-18-16(10-5-11-16)13-17-12-14-6-8-15(9-7-14)19(2,3)4/h6-9,17H,5,10-13H2,1-4H3. The molecule has 1 aliphatic carbocycles. The van der Waals surface area contributed by atoms with Gasteiger partial charge in [-0.1, -0.05) is 55.5 Å². The molecule has 106 valence electrons. The molecule has 0 amide bonds. The van der Waals surface area contributed by atoms with Crippen LogP contribution in [0.4, 0.5) is 0 Å². The molecule has 19 heavy (non-hydrogen) atoms. The van der Waals surface area contributed by atoms with Crippen LogP contribution in [0.5, 0.6) is 0 Å². The first-order valence-electron chi connectivity index (χ1n) is 7.31. The van der Waals surface area contributed by atoms with Crippen LogP contribution in [-0.4, -0.2) is 25.6 Å². The van der Waals surface area contributed by atoms with E-state index in [0.29, 0.717) is 4.75 Å². The first kappa shape index (κ1) is 15.1. The largest absolute Gasteiger partial charge is 0.311 e. The van der Waals surface area contributed by atoms with E-state index < -0.39 is 8.07 Å². The molecule has 1 aromatic rings. The van der Waals surface area contributed by atoms with Gasteiger partial charge < -0.3 is 5.32 Å². The Balaban J connectivity index is 1.83. The summed E-state index contributed by atoms with van der Waals surface area (Å²) in [4.78, 5) is 0. The highest BCUT2D eigenvalue weighted by molar-refractivity contribution is 8.00. The molecular formula is C16H27NSSi. The van der Waals surface area contributed by atoms with Gasteiger partial charge in [0.25, 0.3) is 0 Å². The second-order valence-corrected chi connectivity index (χ2v) is 13.1. The highest BCUT2D eigenvalue weighted by atomic mass is 32.2. The van der Waals surface area contributed by atoms with Crippen LogP contribution >= 0.6 is 11.8 Å². The van der Waals surface area contributed by atoms with Crippen molar-refractivity contribution in [3.8, 4) is 0 Å². The molecule has 1 aromatic carbocycles. The van der Waals surface area contributed by atoms with Gasteiger partial charge in [0.15, 0.2) is 0 Å². The molecule has 0 heterocycles. The monoisotopic (exact) mass is 293 g/mol. The lowest BCUT2D eigenvalue weighted by Gasteiger charge is -2.40. The van der Waals surface area contributed by atoms with E-state index in [4.69, 9.17) is 0 Å². The summed E-state index contributed by atoms with van der Waals surface area (Å²) in [5, 5.41) is 5.20.